The third-order valence-electron chi connectivity index (χ3n) is 6.21. The molecule has 2 N–H and O–H groups in total. The first kappa shape index (κ1) is 21.5. The van der Waals surface area contributed by atoms with E-state index in [-0.39, 0.29) is 12.5 Å². The van der Waals surface area contributed by atoms with Gasteiger partial charge in [0.1, 0.15) is 17.6 Å². The minimum absolute atomic E-state index is 0.00262. The molecule has 1 amide bonds. The third-order valence-corrected chi connectivity index (χ3v) is 6.21. The second kappa shape index (κ2) is 8.63. The SMILES string of the molecule is N#Cc1ncccc1-c1cccc(CNCCC23CN(c4ccc5c(n4)NC(=O)CO5)C(O2)O3)c1. The van der Waals surface area contributed by atoms with Crippen LogP contribution in [0.25, 0.3) is 11.1 Å². The Balaban J connectivity index is 1.04. The van der Waals surface area contributed by atoms with Crippen molar-refractivity contribution in [1.29, 1.82) is 5.26 Å². The molecule has 0 spiro atoms. The Morgan fingerprint density at radius 2 is 2.14 bits per heavy atom. The van der Waals surface area contributed by atoms with Crippen molar-refractivity contribution in [3.05, 3.63) is 66.0 Å². The smallest absolute Gasteiger partial charge is 0.263 e. The van der Waals surface area contributed by atoms with Gasteiger partial charge >= 0.3 is 0 Å². The second-order valence-electron chi connectivity index (χ2n) is 8.57. The van der Waals surface area contributed by atoms with Crippen LogP contribution in [0.15, 0.2) is 54.7 Å². The normalized spacial score (nSPS) is 22.0. The van der Waals surface area contributed by atoms with Gasteiger partial charge in [-0.3, -0.25) is 4.79 Å². The fourth-order valence-corrected chi connectivity index (χ4v) is 4.50. The number of hydrogen-bond acceptors (Lipinski definition) is 9. The average molecular weight is 470 g/mol. The number of hydrogen-bond donors (Lipinski definition) is 2. The monoisotopic (exact) mass is 470 g/mol. The summed E-state index contributed by atoms with van der Waals surface area (Å²) in [6, 6.07) is 17.6. The highest BCUT2D eigenvalue weighted by molar-refractivity contribution is 5.94. The van der Waals surface area contributed by atoms with Crippen LogP contribution in [0.2, 0.25) is 0 Å². The molecular weight excluding hydrogens is 448 g/mol. The predicted molar refractivity (Wildman–Crippen MR) is 125 cm³/mol. The number of rotatable bonds is 7. The van der Waals surface area contributed by atoms with Crippen LogP contribution in [0, 0.1) is 11.3 Å². The first-order valence-corrected chi connectivity index (χ1v) is 11.3. The molecule has 0 aliphatic carbocycles. The number of anilines is 2. The number of nitrogens with one attached hydrogen (secondary N) is 2. The van der Waals surface area contributed by atoms with E-state index in [1.54, 1.807) is 12.3 Å². The zero-order valence-electron chi connectivity index (χ0n) is 18.7. The molecule has 10 nitrogen and oxygen atoms in total. The van der Waals surface area contributed by atoms with Crippen LogP contribution < -0.4 is 20.3 Å². The minimum Gasteiger partial charge on any atom is -0.480 e. The van der Waals surface area contributed by atoms with Crippen LogP contribution in [0.5, 0.6) is 5.75 Å². The summed E-state index contributed by atoms with van der Waals surface area (Å²) in [6.45, 7) is 1.92. The highest BCUT2D eigenvalue weighted by atomic mass is 16.9. The van der Waals surface area contributed by atoms with E-state index in [1.165, 1.54) is 0 Å². The molecule has 176 valence electrons. The van der Waals surface area contributed by atoms with Crippen molar-refractivity contribution in [2.24, 2.45) is 0 Å². The van der Waals surface area contributed by atoms with Gasteiger partial charge in [-0.25, -0.2) is 9.97 Å². The first-order valence-electron chi connectivity index (χ1n) is 11.3. The zero-order valence-corrected chi connectivity index (χ0v) is 18.7. The zero-order chi connectivity index (χ0) is 23.8. The second-order valence-corrected chi connectivity index (χ2v) is 8.57. The molecule has 10 heteroatoms. The molecule has 3 fully saturated rings. The van der Waals surface area contributed by atoms with Crippen LogP contribution in [0.3, 0.4) is 0 Å². The number of amides is 1. The number of benzene rings is 1. The molecule has 2 bridgehead atoms. The van der Waals surface area contributed by atoms with Crippen molar-refractivity contribution in [3.63, 3.8) is 0 Å². The van der Waals surface area contributed by atoms with Gasteiger partial charge in [0, 0.05) is 31.3 Å². The van der Waals surface area contributed by atoms with Crippen molar-refractivity contribution in [1.82, 2.24) is 15.3 Å². The Bertz CT molecular complexity index is 1330. The Kier molecular flexibility index (Phi) is 5.30. The molecule has 1 aromatic carbocycles. The van der Waals surface area contributed by atoms with Gasteiger partial charge in [0.15, 0.2) is 24.0 Å². The van der Waals surface area contributed by atoms with Gasteiger partial charge in [-0.15, -0.1) is 0 Å². The van der Waals surface area contributed by atoms with Gasteiger partial charge in [0.05, 0.1) is 6.54 Å². The van der Waals surface area contributed by atoms with Gasteiger partial charge in [-0.1, -0.05) is 18.2 Å². The number of pyridine rings is 2. The number of fused-ring (bicyclic) bond motifs is 2. The van der Waals surface area contributed by atoms with Crippen LogP contribution in [0.1, 0.15) is 17.7 Å². The van der Waals surface area contributed by atoms with Crippen molar-refractivity contribution in [2.45, 2.75) is 25.2 Å². The van der Waals surface area contributed by atoms with Gasteiger partial charge in [-0.2, -0.15) is 5.26 Å². The lowest BCUT2D eigenvalue weighted by Crippen LogP contribution is -2.49. The van der Waals surface area contributed by atoms with E-state index in [0.29, 0.717) is 49.1 Å². The quantitative estimate of drug-likeness (QED) is 0.501. The van der Waals surface area contributed by atoms with E-state index in [2.05, 4.69) is 32.7 Å². The largest absolute Gasteiger partial charge is 0.480 e. The van der Waals surface area contributed by atoms with Gasteiger partial charge in [0.25, 0.3) is 5.91 Å². The summed E-state index contributed by atoms with van der Waals surface area (Å²) in [4.78, 5) is 22.2. The maximum Gasteiger partial charge on any atom is 0.263 e. The Morgan fingerprint density at radius 3 is 3.03 bits per heavy atom. The van der Waals surface area contributed by atoms with Crippen molar-refractivity contribution >= 4 is 17.5 Å². The highest BCUT2D eigenvalue weighted by Crippen LogP contribution is 2.45. The Hall–Kier alpha value is -4.04. The predicted octanol–water partition coefficient (Wildman–Crippen LogP) is 2.37. The number of ether oxygens (including phenoxy) is 3. The van der Waals surface area contributed by atoms with Gasteiger partial charge in [0.2, 0.25) is 6.41 Å². The van der Waals surface area contributed by atoms with Gasteiger partial charge in [-0.05, 0) is 41.5 Å². The summed E-state index contributed by atoms with van der Waals surface area (Å²) in [7, 11) is 0. The van der Waals surface area contributed by atoms with E-state index in [9.17, 15) is 10.1 Å². The molecule has 3 saturated heterocycles. The molecule has 3 aromatic rings. The lowest BCUT2D eigenvalue weighted by atomic mass is 10.0. The molecule has 6 heterocycles. The molecule has 0 atom stereocenters. The molecular formula is C25H22N6O4. The topological polar surface area (TPSA) is 122 Å². The number of carbonyl (C=O) groups is 1. The Morgan fingerprint density at radius 1 is 1.23 bits per heavy atom. The van der Waals surface area contributed by atoms with E-state index in [4.69, 9.17) is 14.2 Å². The molecule has 0 radical (unpaired) electrons. The summed E-state index contributed by atoms with van der Waals surface area (Å²) >= 11 is 0. The summed E-state index contributed by atoms with van der Waals surface area (Å²) in [5.41, 5.74) is 3.31. The maximum absolute atomic E-state index is 11.6. The molecule has 35 heavy (non-hydrogen) atoms. The molecule has 4 aliphatic heterocycles. The van der Waals surface area contributed by atoms with E-state index >= 15 is 0 Å². The summed E-state index contributed by atoms with van der Waals surface area (Å²) in [5, 5.41) is 15.5. The number of carbonyl (C=O) groups excluding carboxylic acids is 1. The summed E-state index contributed by atoms with van der Waals surface area (Å²) in [5.74, 6) is 0.732. The van der Waals surface area contributed by atoms with Crippen LogP contribution in [-0.2, 0) is 20.8 Å². The Labute approximate surface area is 201 Å². The summed E-state index contributed by atoms with van der Waals surface area (Å²) in [6.07, 6.45) is 1.82. The average Bonchev–Trinajstić information content (AvgIpc) is 3.43. The maximum atomic E-state index is 11.6. The lowest BCUT2D eigenvalue weighted by molar-refractivity contribution is -0.405. The van der Waals surface area contributed by atoms with Crippen molar-refractivity contribution < 1.29 is 19.0 Å². The number of nitriles is 1. The standard InChI is InChI=1S/C25H22N6O4/c26-12-19-18(5-2-9-28-19)17-4-1-3-16(11-17)13-27-10-8-25-15-31(24(34-25)35-25)21-7-6-20-23(29-21)30-22(32)14-33-20/h1-7,9,11,24,27H,8,10,13-15H2,(H,29,30,32). The molecule has 0 saturated carbocycles. The summed E-state index contributed by atoms with van der Waals surface area (Å²) < 4.78 is 17.4. The molecule has 7 rings (SSSR count). The van der Waals surface area contributed by atoms with Crippen LogP contribution >= 0.6 is 0 Å². The number of aromatic nitrogens is 2. The fraction of sp³-hybridized carbons (Fsp3) is 0.280. The van der Waals surface area contributed by atoms with Crippen molar-refractivity contribution in [2.75, 3.05) is 29.9 Å². The lowest BCUT2D eigenvalue weighted by Gasteiger charge is -2.37. The van der Waals surface area contributed by atoms with E-state index < -0.39 is 12.2 Å². The van der Waals surface area contributed by atoms with Crippen molar-refractivity contribution in [3.8, 4) is 22.9 Å². The molecule has 2 aromatic heterocycles. The van der Waals surface area contributed by atoms with Gasteiger partial charge < -0.3 is 29.7 Å². The number of nitrogens with zero attached hydrogens (tertiary/aromatic N) is 4. The third kappa shape index (κ3) is 4.06. The molecule has 4 aliphatic rings. The van der Waals surface area contributed by atoms with Crippen LogP contribution in [0.4, 0.5) is 11.6 Å². The van der Waals surface area contributed by atoms with Crippen LogP contribution in [-0.4, -0.2) is 47.8 Å². The highest BCUT2D eigenvalue weighted by Gasteiger charge is 2.58. The first-order chi connectivity index (χ1) is 17.1. The van der Waals surface area contributed by atoms with E-state index in [0.717, 1.165) is 16.7 Å². The van der Waals surface area contributed by atoms with E-state index in [1.807, 2.05) is 41.3 Å². The molecule has 0 unspecified atom stereocenters. The fourth-order valence-electron chi connectivity index (χ4n) is 4.50. The minimum atomic E-state index is -0.672.